The van der Waals surface area contributed by atoms with Crippen LogP contribution in [-0.4, -0.2) is 0 Å². The number of aryl methyl sites for hydroxylation is 1. The molecule has 0 saturated heterocycles. The number of benzene rings is 8. The highest BCUT2D eigenvalue weighted by atomic mass is 15.2. The molecule has 8 aromatic rings. The first-order valence-electron chi connectivity index (χ1n) is 17.5. The van der Waals surface area contributed by atoms with Gasteiger partial charge in [0.25, 0.3) is 0 Å². The number of hydrogen-bond donors (Lipinski definition) is 0. The third kappa shape index (κ3) is 4.71. The van der Waals surface area contributed by atoms with Crippen LogP contribution in [-0.2, 0) is 5.41 Å². The maximum atomic E-state index is 2.50. The largest absolute Gasteiger partial charge is 0.310 e. The molecule has 240 valence electrons. The van der Waals surface area contributed by atoms with E-state index in [1.54, 1.807) is 0 Å². The molecule has 2 nitrogen and oxygen atoms in total. The molecule has 0 aliphatic heterocycles. The van der Waals surface area contributed by atoms with Crippen LogP contribution < -0.4 is 9.80 Å². The van der Waals surface area contributed by atoms with Crippen molar-refractivity contribution in [3.05, 3.63) is 193 Å². The van der Waals surface area contributed by atoms with Crippen molar-refractivity contribution < 1.29 is 0 Å². The molecule has 0 heterocycles. The molecule has 0 atom stereocenters. The second-order valence-electron chi connectivity index (χ2n) is 13.8. The summed E-state index contributed by atoms with van der Waals surface area (Å²) in [7, 11) is 0. The van der Waals surface area contributed by atoms with Crippen molar-refractivity contribution in [1.82, 2.24) is 0 Å². The van der Waals surface area contributed by atoms with Crippen molar-refractivity contribution in [2.24, 2.45) is 0 Å². The molecule has 50 heavy (non-hydrogen) atoms. The zero-order valence-electron chi connectivity index (χ0n) is 28.6. The van der Waals surface area contributed by atoms with E-state index in [1.807, 2.05) is 0 Å². The fraction of sp³-hybridized carbons (Fsp3) is 0.0833. The molecule has 0 bridgehead atoms. The number of para-hydroxylation sites is 3. The first kappa shape index (κ1) is 30.0. The Morgan fingerprint density at radius 3 is 1.70 bits per heavy atom. The molecule has 8 aromatic carbocycles. The van der Waals surface area contributed by atoms with Crippen LogP contribution in [0.2, 0.25) is 0 Å². The molecule has 1 aliphatic carbocycles. The molecule has 0 saturated carbocycles. The van der Waals surface area contributed by atoms with Gasteiger partial charge in [0.05, 0.1) is 11.4 Å². The number of nitrogens with zero attached hydrogens (tertiary/aromatic N) is 2. The average Bonchev–Trinajstić information content (AvgIpc) is 3.39. The van der Waals surface area contributed by atoms with Crippen LogP contribution in [0.15, 0.2) is 176 Å². The van der Waals surface area contributed by atoms with Gasteiger partial charge in [0.15, 0.2) is 0 Å². The Balaban J connectivity index is 1.29. The van der Waals surface area contributed by atoms with E-state index >= 15 is 0 Å². The van der Waals surface area contributed by atoms with E-state index in [-0.39, 0.29) is 5.41 Å². The van der Waals surface area contributed by atoms with Gasteiger partial charge in [-0.25, -0.2) is 0 Å². The predicted molar refractivity (Wildman–Crippen MR) is 213 cm³/mol. The van der Waals surface area contributed by atoms with Gasteiger partial charge in [-0.3, -0.25) is 0 Å². The van der Waals surface area contributed by atoms with E-state index in [9.17, 15) is 0 Å². The third-order valence-electron chi connectivity index (χ3n) is 10.5. The SMILES string of the molecule is Cc1ccccc1N(c1cccc2ccccc12)c1cc2c(c3ccccc13)-c1ccc(N(c3ccccc3)c3ccccc3)cc1C2(C)C. The van der Waals surface area contributed by atoms with E-state index in [4.69, 9.17) is 0 Å². The van der Waals surface area contributed by atoms with Crippen molar-refractivity contribution in [2.45, 2.75) is 26.2 Å². The zero-order valence-corrected chi connectivity index (χ0v) is 28.6. The molecule has 1 aliphatic rings. The quantitative estimate of drug-likeness (QED) is 0.178. The molecule has 0 unspecified atom stereocenters. The fourth-order valence-corrected chi connectivity index (χ4v) is 8.08. The topological polar surface area (TPSA) is 6.48 Å². The van der Waals surface area contributed by atoms with Crippen LogP contribution in [0.1, 0.15) is 30.5 Å². The van der Waals surface area contributed by atoms with Crippen molar-refractivity contribution in [3.63, 3.8) is 0 Å². The smallest absolute Gasteiger partial charge is 0.0543 e. The highest BCUT2D eigenvalue weighted by Crippen LogP contribution is 2.56. The minimum absolute atomic E-state index is 0.241. The average molecular weight is 643 g/mol. The van der Waals surface area contributed by atoms with Gasteiger partial charge < -0.3 is 9.80 Å². The van der Waals surface area contributed by atoms with Gasteiger partial charge in [0, 0.05) is 38.9 Å². The molecular weight excluding hydrogens is 605 g/mol. The molecule has 2 heteroatoms. The lowest BCUT2D eigenvalue weighted by Crippen LogP contribution is -2.18. The van der Waals surface area contributed by atoms with Crippen LogP contribution in [0.4, 0.5) is 34.1 Å². The lowest BCUT2D eigenvalue weighted by Gasteiger charge is -2.31. The number of rotatable bonds is 6. The van der Waals surface area contributed by atoms with Gasteiger partial charge in [0.1, 0.15) is 0 Å². The minimum Gasteiger partial charge on any atom is -0.310 e. The summed E-state index contributed by atoms with van der Waals surface area (Å²) in [5.41, 5.74) is 13.3. The van der Waals surface area contributed by atoms with Crippen LogP contribution in [0.5, 0.6) is 0 Å². The molecule has 0 N–H and O–H groups in total. The summed E-state index contributed by atoms with van der Waals surface area (Å²) in [6.45, 7) is 7.01. The van der Waals surface area contributed by atoms with Gasteiger partial charge in [-0.05, 0) is 100 Å². The van der Waals surface area contributed by atoms with Crippen molar-refractivity contribution in [3.8, 4) is 11.1 Å². The summed E-state index contributed by atoms with van der Waals surface area (Å²) in [5, 5.41) is 4.99. The van der Waals surface area contributed by atoms with Crippen LogP contribution in [0.3, 0.4) is 0 Å². The molecule has 0 spiro atoms. The van der Waals surface area contributed by atoms with Gasteiger partial charge in [0.2, 0.25) is 0 Å². The first-order chi connectivity index (χ1) is 24.5. The third-order valence-corrected chi connectivity index (χ3v) is 10.5. The molecule has 0 radical (unpaired) electrons. The van der Waals surface area contributed by atoms with E-state index in [2.05, 4.69) is 206 Å². The lowest BCUT2D eigenvalue weighted by atomic mass is 9.81. The Kier molecular flexibility index (Phi) is 7.07. The lowest BCUT2D eigenvalue weighted by molar-refractivity contribution is 0.661. The normalized spacial score (nSPS) is 12.9. The van der Waals surface area contributed by atoms with Crippen molar-refractivity contribution >= 4 is 55.7 Å². The second-order valence-corrected chi connectivity index (χ2v) is 13.8. The van der Waals surface area contributed by atoms with Gasteiger partial charge in [-0.2, -0.15) is 0 Å². The maximum Gasteiger partial charge on any atom is 0.0543 e. The molecule has 0 aromatic heterocycles. The Bertz CT molecular complexity index is 2490. The molecule has 9 rings (SSSR count). The Morgan fingerprint density at radius 1 is 0.400 bits per heavy atom. The number of hydrogen-bond acceptors (Lipinski definition) is 2. The number of anilines is 6. The van der Waals surface area contributed by atoms with Crippen LogP contribution in [0, 0.1) is 6.92 Å². The fourth-order valence-electron chi connectivity index (χ4n) is 8.08. The Labute approximate surface area is 294 Å². The van der Waals surface area contributed by atoms with Crippen molar-refractivity contribution in [2.75, 3.05) is 9.80 Å². The van der Waals surface area contributed by atoms with Crippen molar-refractivity contribution in [1.29, 1.82) is 0 Å². The zero-order chi connectivity index (χ0) is 33.8. The highest BCUT2D eigenvalue weighted by molar-refractivity contribution is 6.12. The second kappa shape index (κ2) is 11.8. The molecule has 0 amide bonds. The summed E-state index contributed by atoms with van der Waals surface area (Å²) in [6, 6.07) is 64.1. The summed E-state index contributed by atoms with van der Waals surface area (Å²) in [4.78, 5) is 4.86. The highest BCUT2D eigenvalue weighted by Gasteiger charge is 2.38. The Morgan fingerprint density at radius 2 is 0.980 bits per heavy atom. The maximum absolute atomic E-state index is 2.50. The molecular formula is C48H38N2. The molecule has 0 fully saturated rings. The summed E-state index contributed by atoms with van der Waals surface area (Å²) in [5.74, 6) is 0. The summed E-state index contributed by atoms with van der Waals surface area (Å²) >= 11 is 0. The van der Waals surface area contributed by atoms with Gasteiger partial charge >= 0.3 is 0 Å². The van der Waals surface area contributed by atoms with Crippen LogP contribution >= 0.6 is 0 Å². The van der Waals surface area contributed by atoms with Gasteiger partial charge in [-0.15, -0.1) is 0 Å². The van der Waals surface area contributed by atoms with E-state index < -0.39 is 0 Å². The predicted octanol–water partition coefficient (Wildman–Crippen LogP) is 13.5. The van der Waals surface area contributed by atoms with E-state index in [0.717, 1.165) is 17.1 Å². The van der Waals surface area contributed by atoms with Crippen LogP contribution in [0.25, 0.3) is 32.7 Å². The summed E-state index contributed by atoms with van der Waals surface area (Å²) < 4.78 is 0. The van der Waals surface area contributed by atoms with E-state index in [1.165, 1.54) is 66.4 Å². The number of fused-ring (bicyclic) bond motifs is 6. The first-order valence-corrected chi connectivity index (χ1v) is 17.5. The van der Waals surface area contributed by atoms with Gasteiger partial charge in [-0.1, -0.05) is 135 Å². The Hall–Kier alpha value is -6.12. The minimum atomic E-state index is -0.241. The van der Waals surface area contributed by atoms with E-state index in [0.29, 0.717) is 0 Å². The summed E-state index contributed by atoms with van der Waals surface area (Å²) in [6.07, 6.45) is 0. The monoisotopic (exact) mass is 642 g/mol. The standard InChI is InChI=1S/C48H38N2/c1-33-17-10-15-27-44(33)50(45-28-16-19-34-18-11-12-24-38(34)45)46-32-43-47(40-26-14-13-25-39(40)46)41-30-29-37(31-42(41)48(43,2)3)49(35-20-6-4-7-21-35)36-22-8-5-9-23-36/h4-32H,1-3H3.